The Balaban J connectivity index is -0.0000000386. The van der Waals surface area contributed by atoms with Crippen molar-refractivity contribution in [3.8, 4) is 0 Å². The highest BCUT2D eigenvalue weighted by atomic mass is 32.2. The van der Waals surface area contributed by atoms with Crippen molar-refractivity contribution in [1.82, 2.24) is 0 Å². The summed E-state index contributed by atoms with van der Waals surface area (Å²) in [5.41, 5.74) is 9.15. The van der Waals surface area contributed by atoms with Crippen molar-refractivity contribution in [3.05, 3.63) is 47.9 Å². The molecule has 6 nitrogen and oxygen atoms in total. The van der Waals surface area contributed by atoms with Crippen LogP contribution in [0.4, 0.5) is 13.2 Å². The summed E-state index contributed by atoms with van der Waals surface area (Å²) in [6.45, 7) is 14.8. The molecular formula is C26H58F3N3O3S. The summed E-state index contributed by atoms with van der Waals surface area (Å²) in [5.74, 6) is 0. The molecular weight excluding hydrogens is 491 g/mol. The van der Waals surface area contributed by atoms with E-state index in [2.05, 4.69) is 56.4 Å². The first-order chi connectivity index (χ1) is 17.0. The summed E-state index contributed by atoms with van der Waals surface area (Å²) < 4.78 is 33.6. The number of halogens is 3. The molecule has 0 aromatic rings. The number of aliphatic hydroxyl groups excluding tert-OH is 2. The van der Waals surface area contributed by atoms with Crippen molar-refractivity contribution in [2.24, 2.45) is 11.5 Å². The predicted octanol–water partition coefficient (Wildman–Crippen LogP) is 7.28. The SMILES string of the molecule is C/C=C/CC(F)(F)F.C=CC(O)CC(C)=N.CC.CCC.CN.CO.CSC1=CCCC=C1.NC=O.[HH].[HH]. The van der Waals surface area contributed by atoms with Crippen LogP contribution in [-0.2, 0) is 4.79 Å². The zero-order chi connectivity index (χ0) is 30.4. The number of allylic oxidation sites excluding steroid dienone is 5. The van der Waals surface area contributed by atoms with E-state index in [1.807, 2.05) is 25.6 Å². The Labute approximate surface area is 226 Å². The minimum absolute atomic E-state index is 0. The van der Waals surface area contributed by atoms with Gasteiger partial charge in [0.1, 0.15) is 0 Å². The topological polar surface area (TPSA) is 133 Å². The van der Waals surface area contributed by atoms with E-state index in [4.69, 9.17) is 20.4 Å². The summed E-state index contributed by atoms with van der Waals surface area (Å²) in [6, 6.07) is 0. The predicted molar refractivity (Wildman–Crippen MR) is 160 cm³/mol. The van der Waals surface area contributed by atoms with Crippen LogP contribution in [-0.4, -0.2) is 55.0 Å². The van der Waals surface area contributed by atoms with E-state index < -0.39 is 18.7 Å². The molecule has 1 aliphatic carbocycles. The van der Waals surface area contributed by atoms with E-state index in [1.165, 1.54) is 43.4 Å². The molecule has 0 saturated heterocycles. The number of primary amides is 1. The summed E-state index contributed by atoms with van der Waals surface area (Å²) in [5, 5.41) is 22.7. The van der Waals surface area contributed by atoms with Crippen molar-refractivity contribution in [1.29, 1.82) is 5.41 Å². The molecule has 10 heteroatoms. The van der Waals surface area contributed by atoms with Crippen molar-refractivity contribution in [2.45, 2.75) is 85.9 Å². The highest BCUT2D eigenvalue weighted by Gasteiger charge is 2.24. The molecule has 0 heterocycles. The van der Waals surface area contributed by atoms with Crippen molar-refractivity contribution in [3.63, 3.8) is 0 Å². The Kier molecular flexibility index (Phi) is 70.8. The summed E-state index contributed by atoms with van der Waals surface area (Å²) in [7, 11) is 2.50. The van der Waals surface area contributed by atoms with Gasteiger partial charge in [0.15, 0.2) is 0 Å². The Hall–Kier alpha value is -1.88. The molecule has 0 spiro atoms. The Morgan fingerprint density at radius 2 is 1.69 bits per heavy atom. The molecule has 0 bridgehead atoms. The third-order valence-corrected chi connectivity index (χ3v) is 3.34. The number of hydrogen-bond donors (Lipinski definition) is 5. The number of hydrogen-bond acceptors (Lipinski definition) is 6. The number of thioether (sulfide) groups is 1. The lowest BCUT2D eigenvalue weighted by atomic mass is 10.2. The van der Waals surface area contributed by atoms with Crippen LogP contribution >= 0.6 is 11.8 Å². The van der Waals surface area contributed by atoms with Gasteiger partial charge in [-0.25, -0.2) is 0 Å². The lowest BCUT2D eigenvalue weighted by Gasteiger charge is -2.00. The second-order valence-electron chi connectivity index (χ2n) is 5.81. The number of carbonyl (C=O) groups excluding carboxylic acids is 1. The van der Waals surface area contributed by atoms with Gasteiger partial charge in [0.05, 0.1) is 12.5 Å². The number of nitrogens with one attached hydrogen (secondary N) is 1. The van der Waals surface area contributed by atoms with Crippen molar-refractivity contribution in [2.75, 3.05) is 20.4 Å². The number of rotatable bonds is 5. The van der Waals surface area contributed by atoms with E-state index in [0.29, 0.717) is 12.1 Å². The molecule has 0 aromatic heterocycles. The number of aliphatic hydroxyl groups is 2. The largest absolute Gasteiger partial charge is 0.400 e. The van der Waals surface area contributed by atoms with E-state index in [0.717, 1.165) is 13.2 Å². The van der Waals surface area contributed by atoms with Crippen LogP contribution in [0.15, 0.2) is 47.9 Å². The molecule has 1 rings (SSSR count). The summed E-state index contributed by atoms with van der Waals surface area (Å²) >= 11 is 1.82. The van der Waals surface area contributed by atoms with Gasteiger partial charge >= 0.3 is 6.18 Å². The Bertz CT molecular complexity index is 524. The highest BCUT2D eigenvalue weighted by molar-refractivity contribution is 8.02. The fraction of sp³-hybridized carbons (Fsp3) is 0.615. The van der Waals surface area contributed by atoms with Gasteiger partial charge in [-0.05, 0) is 40.0 Å². The normalized spacial score (nSPS) is 11.1. The number of alkyl halides is 3. The van der Waals surface area contributed by atoms with Crippen LogP contribution in [0.25, 0.3) is 0 Å². The maximum atomic E-state index is 11.2. The van der Waals surface area contributed by atoms with Crippen LogP contribution in [0, 0.1) is 5.41 Å². The maximum absolute atomic E-state index is 11.2. The monoisotopic (exact) mass is 549 g/mol. The third-order valence-electron chi connectivity index (χ3n) is 2.57. The quantitative estimate of drug-likeness (QED) is 0.140. The minimum atomic E-state index is -4.04. The molecule has 0 radical (unpaired) electrons. The first kappa shape index (κ1) is 50.9. The van der Waals surface area contributed by atoms with Crippen LogP contribution in [0.1, 0.15) is 76.5 Å². The van der Waals surface area contributed by atoms with Crippen LogP contribution in [0.2, 0.25) is 0 Å². The van der Waals surface area contributed by atoms with Gasteiger partial charge in [-0.2, -0.15) is 13.2 Å². The molecule has 1 amide bonds. The van der Waals surface area contributed by atoms with Crippen molar-refractivity contribution < 1.29 is 31.0 Å². The lowest BCUT2D eigenvalue weighted by molar-refractivity contribution is -0.125. The number of nitrogens with two attached hydrogens (primary N) is 2. The molecule has 0 saturated carbocycles. The third kappa shape index (κ3) is 85.1. The van der Waals surface area contributed by atoms with Gasteiger partial charge in [-0.1, -0.05) is 70.6 Å². The zero-order valence-electron chi connectivity index (χ0n) is 23.9. The lowest BCUT2D eigenvalue weighted by Crippen LogP contribution is -2.05. The van der Waals surface area contributed by atoms with Gasteiger partial charge in [0.2, 0.25) is 6.41 Å². The van der Waals surface area contributed by atoms with Crippen LogP contribution in [0.3, 0.4) is 0 Å². The number of carbonyl (C=O) groups is 1. The van der Waals surface area contributed by atoms with E-state index in [9.17, 15) is 13.2 Å². The fourth-order valence-corrected chi connectivity index (χ4v) is 1.91. The van der Waals surface area contributed by atoms with E-state index >= 15 is 0 Å². The Morgan fingerprint density at radius 1 is 1.28 bits per heavy atom. The molecule has 1 aliphatic rings. The smallest absolute Gasteiger partial charge is 0.392 e. The average molecular weight is 550 g/mol. The minimum Gasteiger partial charge on any atom is -0.400 e. The highest BCUT2D eigenvalue weighted by Crippen LogP contribution is 2.19. The van der Waals surface area contributed by atoms with Gasteiger partial charge in [-0.3, -0.25) is 4.79 Å². The number of amides is 1. The first-order valence-electron chi connectivity index (χ1n) is 11.6. The summed E-state index contributed by atoms with van der Waals surface area (Å²) in [6.07, 6.45) is 11.7. The molecule has 36 heavy (non-hydrogen) atoms. The molecule has 1 atom stereocenters. The van der Waals surface area contributed by atoms with Gasteiger partial charge < -0.3 is 27.1 Å². The fourth-order valence-electron chi connectivity index (χ4n) is 1.39. The van der Waals surface area contributed by atoms with E-state index in [1.54, 1.807) is 13.8 Å². The zero-order valence-corrected chi connectivity index (χ0v) is 24.7. The molecule has 1 unspecified atom stereocenters. The maximum Gasteiger partial charge on any atom is 0.392 e. The first-order valence-corrected chi connectivity index (χ1v) is 12.8. The molecule has 0 aliphatic heterocycles. The van der Waals surface area contributed by atoms with Crippen LogP contribution in [0.5, 0.6) is 0 Å². The second kappa shape index (κ2) is 50.1. The second-order valence-corrected chi connectivity index (χ2v) is 6.69. The standard InChI is InChI=1S/C7H10S.C6H11NO.C5H7F3.C3H8.C2H6.CH3NO.CH5N.CH4O.2H2/c1-8-7-5-3-2-4-6-7;1-3-6(8)4-5(2)7;1-2-3-4-5(6,7)8;1-3-2;1-2;2-1-3;2*1-2;;/h3,5-6H,2,4H2,1H3;3,6-8H,1,4H2,2H3;2-3H,4H2,1H3;3H2,1-2H3;1-2H3;1H,(H2,2,3);2H2,1H3;2H,1H3;2*1H/b;;3-2+;;;;;;;. The molecule has 0 fully saturated rings. The molecule has 222 valence electrons. The molecule has 0 aromatic carbocycles. The van der Waals surface area contributed by atoms with Crippen molar-refractivity contribution >= 4 is 23.9 Å². The Morgan fingerprint density at radius 3 is 1.83 bits per heavy atom. The van der Waals surface area contributed by atoms with Crippen LogP contribution < -0.4 is 11.5 Å². The summed E-state index contributed by atoms with van der Waals surface area (Å²) in [4.78, 5) is 10.00. The molecule has 7 N–H and O–H groups in total. The van der Waals surface area contributed by atoms with Gasteiger partial charge in [-0.15, -0.1) is 18.3 Å². The average Bonchev–Trinajstić information content (AvgIpc) is 2.88. The van der Waals surface area contributed by atoms with Gasteiger partial charge in [0.25, 0.3) is 0 Å². The van der Waals surface area contributed by atoms with Gasteiger partial charge in [0, 0.05) is 27.0 Å². The van der Waals surface area contributed by atoms with E-state index in [-0.39, 0.29) is 9.26 Å².